The lowest BCUT2D eigenvalue weighted by molar-refractivity contribution is -0.140. The molecule has 6 nitrogen and oxygen atoms in total. The summed E-state index contributed by atoms with van der Waals surface area (Å²) in [6.07, 6.45) is 0.268. The van der Waals surface area contributed by atoms with Crippen molar-refractivity contribution in [2.45, 2.75) is 25.0 Å². The highest BCUT2D eigenvalue weighted by Crippen LogP contribution is 2.32. The Morgan fingerprint density at radius 2 is 1.72 bits per heavy atom. The van der Waals surface area contributed by atoms with Crippen molar-refractivity contribution in [3.05, 3.63) is 93.6 Å². The van der Waals surface area contributed by atoms with Crippen LogP contribution in [0.1, 0.15) is 11.1 Å². The number of ether oxygens (including phenoxy) is 1. The van der Waals surface area contributed by atoms with Gasteiger partial charge in [0.05, 0.1) is 12.2 Å². The van der Waals surface area contributed by atoms with Crippen LogP contribution in [0, 0.1) is 3.57 Å². The largest absolute Gasteiger partial charge is 0.489 e. The SMILES string of the molecule is O=C(O)[C@H](Cc1ccccc1)NC1COc2ccccc2N(Cc2ccc(I)cc2)C1=O. The van der Waals surface area contributed by atoms with Crippen LogP contribution < -0.4 is 15.0 Å². The number of aliphatic carboxylic acids is 1. The Kier molecular flexibility index (Phi) is 7.06. The Labute approximate surface area is 200 Å². The zero-order chi connectivity index (χ0) is 22.5. The molecule has 3 aromatic carbocycles. The molecule has 1 heterocycles. The number of rotatable bonds is 7. The molecule has 0 saturated carbocycles. The van der Waals surface area contributed by atoms with Crippen molar-refractivity contribution in [2.75, 3.05) is 11.5 Å². The number of hydrogen-bond acceptors (Lipinski definition) is 4. The van der Waals surface area contributed by atoms with E-state index in [1.165, 1.54) is 0 Å². The number of benzene rings is 3. The molecule has 0 saturated heterocycles. The number of carbonyl (C=O) groups excluding carboxylic acids is 1. The third kappa shape index (κ3) is 5.28. The molecule has 7 heteroatoms. The quantitative estimate of drug-likeness (QED) is 0.444. The molecule has 164 valence electrons. The lowest BCUT2D eigenvalue weighted by atomic mass is 10.0. The molecule has 3 aromatic rings. The summed E-state index contributed by atoms with van der Waals surface area (Å²) in [7, 11) is 0. The Hall–Kier alpha value is -2.91. The van der Waals surface area contributed by atoms with Gasteiger partial charge in [0, 0.05) is 3.57 Å². The third-order valence-electron chi connectivity index (χ3n) is 5.36. The van der Waals surface area contributed by atoms with E-state index in [-0.39, 0.29) is 18.9 Å². The molecular formula is C25H23IN2O4. The van der Waals surface area contributed by atoms with Crippen LogP contribution in [-0.2, 0) is 22.6 Å². The fourth-order valence-electron chi connectivity index (χ4n) is 3.72. The first-order valence-corrected chi connectivity index (χ1v) is 11.4. The van der Waals surface area contributed by atoms with Gasteiger partial charge in [-0.1, -0.05) is 54.6 Å². The number of nitrogens with one attached hydrogen (secondary N) is 1. The molecule has 1 amide bonds. The maximum Gasteiger partial charge on any atom is 0.321 e. The number of para-hydroxylation sites is 2. The van der Waals surface area contributed by atoms with Gasteiger partial charge in [0.1, 0.15) is 24.4 Å². The topological polar surface area (TPSA) is 78.9 Å². The van der Waals surface area contributed by atoms with Gasteiger partial charge in [-0.25, -0.2) is 0 Å². The molecule has 0 fully saturated rings. The van der Waals surface area contributed by atoms with Gasteiger partial charge >= 0.3 is 5.97 Å². The smallest absolute Gasteiger partial charge is 0.321 e. The number of carbonyl (C=O) groups is 2. The van der Waals surface area contributed by atoms with Crippen LogP contribution in [0.2, 0.25) is 0 Å². The number of carboxylic acid groups (broad SMARTS) is 1. The van der Waals surface area contributed by atoms with Gasteiger partial charge in [0.2, 0.25) is 5.91 Å². The van der Waals surface area contributed by atoms with E-state index in [9.17, 15) is 14.7 Å². The van der Waals surface area contributed by atoms with E-state index >= 15 is 0 Å². The minimum atomic E-state index is -1.01. The summed E-state index contributed by atoms with van der Waals surface area (Å²) in [6, 6.07) is 23.0. The second-order valence-corrected chi connectivity index (χ2v) is 8.88. The van der Waals surface area contributed by atoms with Crippen molar-refractivity contribution in [1.29, 1.82) is 0 Å². The monoisotopic (exact) mass is 542 g/mol. The molecule has 1 aliphatic heterocycles. The van der Waals surface area contributed by atoms with Crippen molar-refractivity contribution in [1.82, 2.24) is 5.32 Å². The molecular weight excluding hydrogens is 519 g/mol. The maximum absolute atomic E-state index is 13.6. The fourth-order valence-corrected chi connectivity index (χ4v) is 4.08. The average molecular weight is 542 g/mol. The number of fused-ring (bicyclic) bond motifs is 1. The van der Waals surface area contributed by atoms with Gasteiger partial charge in [-0.15, -0.1) is 0 Å². The summed E-state index contributed by atoms with van der Waals surface area (Å²) in [6.45, 7) is 0.419. The van der Waals surface area contributed by atoms with Crippen LogP contribution in [0.3, 0.4) is 0 Å². The van der Waals surface area contributed by atoms with Crippen molar-refractivity contribution < 1.29 is 19.4 Å². The molecule has 0 aromatic heterocycles. The Morgan fingerprint density at radius 1 is 1.03 bits per heavy atom. The van der Waals surface area contributed by atoms with Gasteiger partial charge in [-0.2, -0.15) is 0 Å². The summed E-state index contributed by atoms with van der Waals surface area (Å²) < 4.78 is 7.04. The van der Waals surface area contributed by atoms with E-state index in [1.807, 2.05) is 78.9 Å². The molecule has 4 rings (SSSR count). The maximum atomic E-state index is 13.6. The Balaban J connectivity index is 1.60. The molecule has 32 heavy (non-hydrogen) atoms. The van der Waals surface area contributed by atoms with Crippen LogP contribution in [0.25, 0.3) is 0 Å². The second-order valence-electron chi connectivity index (χ2n) is 7.63. The normalized spacial score (nSPS) is 16.6. The van der Waals surface area contributed by atoms with Crippen molar-refractivity contribution >= 4 is 40.2 Å². The predicted molar refractivity (Wildman–Crippen MR) is 131 cm³/mol. The first-order chi connectivity index (χ1) is 15.5. The van der Waals surface area contributed by atoms with Crippen LogP contribution in [0.15, 0.2) is 78.9 Å². The van der Waals surface area contributed by atoms with Gasteiger partial charge in [0.15, 0.2) is 0 Å². The number of carboxylic acids is 1. The number of anilines is 1. The summed E-state index contributed by atoms with van der Waals surface area (Å²) >= 11 is 2.24. The molecule has 1 aliphatic rings. The highest BCUT2D eigenvalue weighted by Gasteiger charge is 2.34. The van der Waals surface area contributed by atoms with Gasteiger partial charge in [-0.05, 0) is 64.4 Å². The molecule has 2 atom stereocenters. The highest BCUT2D eigenvalue weighted by atomic mass is 127. The minimum absolute atomic E-state index is 0.0532. The molecule has 0 spiro atoms. The highest BCUT2D eigenvalue weighted by molar-refractivity contribution is 14.1. The standard InChI is InChI=1S/C25H23IN2O4/c26-19-12-10-18(11-13-19)15-28-22-8-4-5-9-23(22)32-16-21(24(28)29)27-20(25(30)31)14-17-6-2-1-3-7-17/h1-13,20-21,27H,14-16H2,(H,30,31)/t20-,21?/m0/s1. The van der Waals surface area contributed by atoms with E-state index in [4.69, 9.17) is 4.74 Å². The van der Waals surface area contributed by atoms with Crippen LogP contribution in [0.5, 0.6) is 5.75 Å². The van der Waals surface area contributed by atoms with Gasteiger partial charge in [-0.3, -0.25) is 14.9 Å². The molecule has 2 N–H and O–H groups in total. The molecule has 0 radical (unpaired) electrons. The Morgan fingerprint density at radius 3 is 2.44 bits per heavy atom. The summed E-state index contributed by atoms with van der Waals surface area (Å²) in [4.78, 5) is 27.2. The van der Waals surface area contributed by atoms with E-state index in [0.29, 0.717) is 18.0 Å². The van der Waals surface area contributed by atoms with Gasteiger partial charge < -0.3 is 14.7 Å². The van der Waals surface area contributed by atoms with E-state index in [2.05, 4.69) is 27.9 Å². The number of halogens is 1. The average Bonchev–Trinajstić information content (AvgIpc) is 2.93. The van der Waals surface area contributed by atoms with Crippen LogP contribution in [-0.4, -0.2) is 35.7 Å². The number of hydrogen-bond donors (Lipinski definition) is 2. The lowest BCUT2D eigenvalue weighted by Crippen LogP contribution is -2.54. The number of amides is 1. The lowest BCUT2D eigenvalue weighted by Gasteiger charge is -2.26. The van der Waals surface area contributed by atoms with Crippen LogP contribution in [0.4, 0.5) is 5.69 Å². The fraction of sp³-hybridized carbons (Fsp3) is 0.200. The summed E-state index contributed by atoms with van der Waals surface area (Å²) in [5.41, 5.74) is 2.54. The zero-order valence-electron chi connectivity index (χ0n) is 17.3. The van der Waals surface area contributed by atoms with Crippen molar-refractivity contribution in [3.8, 4) is 5.75 Å². The Bertz CT molecular complexity index is 1090. The van der Waals surface area contributed by atoms with E-state index < -0.39 is 18.1 Å². The van der Waals surface area contributed by atoms with Gasteiger partial charge in [0.25, 0.3) is 0 Å². The summed E-state index contributed by atoms with van der Waals surface area (Å²) in [5.74, 6) is -0.619. The van der Waals surface area contributed by atoms with Crippen molar-refractivity contribution in [3.63, 3.8) is 0 Å². The molecule has 0 aliphatic carbocycles. The molecule has 0 bridgehead atoms. The second kappa shape index (κ2) is 10.1. The first-order valence-electron chi connectivity index (χ1n) is 10.3. The van der Waals surface area contributed by atoms with Crippen molar-refractivity contribution in [2.24, 2.45) is 0 Å². The van der Waals surface area contributed by atoms with E-state index in [1.54, 1.807) is 4.90 Å². The third-order valence-corrected chi connectivity index (χ3v) is 6.08. The van der Waals surface area contributed by atoms with E-state index in [0.717, 1.165) is 14.7 Å². The molecule has 1 unspecified atom stereocenters. The predicted octanol–water partition coefficient (Wildman–Crippen LogP) is 3.87. The van der Waals surface area contributed by atoms with Crippen LogP contribution >= 0.6 is 22.6 Å². The first kappa shape index (κ1) is 22.3. The number of nitrogens with zero attached hydrogens (tertiary/aromatic N) is 1. The minimum Gasteiger partial charge on any atom is -0.489 e. The zero-order valence-corrected chi connectivity index (χ0v) is 19.4. The summed E-state index contributed by atoms with van der Waals surface area (Å²) in [5, 5.41) is 12.8.